The second-order valence-electron chi connectivity index (χ2n) is 5.86. The monoisotopic (exact) mass is 361 g/mol. The lowest BCUT2D eigenvalue weighted by Crippen LogP contribution is -2.21. The van der Waals surface area contributed by atoms with Crippen molar-refractivity contribution in [1.29, 1.82) is 0 Å². The number of sulfonamides is 1. The molecule has 0 amide bonds. The number of hydrogen-bond donors (Lipinski definition) is 2. The summed E-state index contributed by atoms with van der Waals surface area (Å²) in [7, 11) is -1.81. The molecule has 0 atom stereocenters. The Morgan fingerprint density at radius 2 is 1.84 bits per heavy atom. The van der Waals surface area contributed by atoms with E-state index in [2.05, 4.69) is 9.93 Å². The zero-order valence-corrected chi connectivity index (χ0v) is 15.4. The molecule has 25 heavy (non-hydrogen) atoms. The van der Waals surface area contributed by atoms with Gasteiger partial charge in [0.25, 0.3) is 10.0 Å². The molecule has 0 aliphatic rings. The van der Waals surface area contributed by atoms with Crippen molar-refractivity contribution < 1.29 is 13.5 Å². The first kappa shape index (κ1) is 19.0. The summed E-state index contributed by atoms with van der Waals surface area (Å²) in [5, 5.41) is 12.8. The van der Waals surface area contributed by atoms with Crippen molar-refractivity contribution in [3.63, 3.8) is 0 Å². The lowest BCUT2D eigenvalue weighted by molar-refractivity contribution is 0.304. The van der Waals surface area contributed by atoms with Crippen molar-refractivity contribution in [2.75, 3.05) is 25.1 Å². The molecule has 134 valence electrons. The quantitative estimate of drug-likeness (QED) is 0.584. The van der Waals surface area contributed by atoms with Crippen LogP contribution in [-0.2, 0) is 10.0 Å². The molecule has 0 aliphatic heterocycles. The van der Waals surface area contributed by atoms with Crippen LogP contribution >= 0.6 is 0 Å². The van der Waals surface area contributed by atoms with Crippen LogP contribution in [0.4, 0.5) is 5.69 Å². The Morgan fingerprint density at radius 1 is 1.16 bits per heavy atom. The molecule has 2 rings (SSSR count). The van der Waals surface area contributed by atoms with Crippen LogP contribution in [-0.4, -0.2) is 39.9 Å². The average molecular weight is 361 g/mol. The van der Waals surface area contributed by atoms with Crippen molar-refractivity contribution in [3.8, 4) is 0 Å². The minimum atomic E-state index is -3.70. The first-order valence-electron chi connectivity index (χ1n) is 7.87. The van der Waals surface area contributed by atoms with Crippen molar-refractivity contribution in [2.45, 2.75) is 18.7 Å². The van der Waals surface area contributed by atoms with Crippen molar-refractivity contribution in [3.05, 3.63) is 59.2 Å². The number of hydrazone groups is 1. The summed E-state index contributed by atoms with van der Waals surface area (Å²) in [6.45, 7) is 4.22. The molecule has 0 saturated carbocycles. The van der Waals surface area contributed by atoms with Gasteiger partial charge in [-0.3, -0.25) is 0 Å². The standard InChI is InChI=1S/C18H23N3O3S/c1-14-4-5-15(2)18(12-14)25(23,24)20-19-13-16-6-8-17(9-7-16)21(3)10-11-22/h4-9,12-13,20,22H,10-11H2,1-3H3. The Morgan fingerprint density at radius 3 is 2.48 bits per heavy atom. The fourth-order valence-corrected chi connectivity index (χ4v) is 3.43. The van der Waals surface area contributed by atoms with Crippen LogP contribution in [0, 0.1) is 13.8 Å². The Hall–Kier alpha value is -2.38. The maximum absolute atomic E-state index is 12.4. The van der Waals surface area contributed by atoms with Crippen LogP contribution in [0.25, 0.3) is 0 Å². The third-order valence-electron chi connectivity index (χ3n) is 3.79. The fourth-order valence-electron chi connectivity index (χ4n) is 2.31. The van der Waals surface area contributed by atoms with Crippen molar-refractivity contribution in [1.82, 2.24) is 4.83 Å². The molecule has 0 bridgehead atoms. The lowest BCUT2D eigenvalue weighted by Gasteiger charge is -2.17. The summed E-state index contributed by atoms with van der Waals surface area (Å²) in [5.74, 6) is 0. The Bertz CT molecular complexity index is 846. The summed E-state index contributed by atoms with van der Waals surface area (Å²) >= 11 is 0. The zero-order chi connectivity index (χ0) is 18.4. The van der Waals surface area contributed by atoms with E-state index >= 15 is 0 Å². The minimum absolute atomic E-state index is 0.0832. The maximum atomic E-state index is 12.4. The van der Waals surface area contributed by atoms with E-state index in [0.29, 0.717) is 12.1 Å². The predicted octanol–water partition coefficient (Wildman–Crippen LogP) is 2.04. The Kier molecular flexibility index (Phi) is 6.17. The van der Waals surface area contributed by atoms with Gasteiger partial charge in [0.2, 0.25) is 0 Å². The second kappa shape index (κ2) is 8.13. The number of hydrogen-bond acceptors (Lipinski definition) is 5. The highest BCUT2D eigenvalue weighted by Gasteiger charge is 2.15. The number of benzene rings is 2. The average Bonchev–Trinajstić information content (AvgIpc) is 2.57. The molecule has 0 aromatic heterocycles. The normalized spacial score (nSPS) is 11.7. The number of aryl methyl sites for hydroxylation is 2. The number of rotatable bonds is 7. The third-order valence-corrected chi connectivity index (χ3v) is 5.15. The van der Waals surface area contributed by atoms with Gasteiger partial charge in [-0.25, -0.2) is 4.83 Å². The van der Waals surface area contributed by atoms with Gasteiger partial charge in [0.15, 0.2) is 0 Å². The Balaban J connectivity index is 2.08. The van der Waals surface area contributed by atoms with E-state index in [-0.39, 0.29) is 11.5 Å². The van der Waals surface area contributed by atoms with Gasteiger partial charge in [-0.15, -0.1) is 0 Å². The minimum Gasteiger partial charge on any atom is -0.395 e. The first-order valence-corrected chi connectivity index (χ1v) is 9.36. The van der Waals surface area contributed by atoms with Gasteiger partial charge in [0.05, 0.1) is 17.7 Å². The van der Waals surface area contributed by atoms with Gasteiger partial charge in [0, 0.05) is 19.3 Å². The van der Waals surface area contributed by atoms with E-state index < -0.39 is 10.0 Å². The van der Waals surface area contributed by atoms with Gasteiger partial charge in [0.1, 0.15) is 0 Å². The molecule has 0 radical (unpaired) electrons. The molecule has 2 aromatic rings. The molecule has 0 saturated heterocycles. The van der Waals surface area contributed by atoms with E-state index in [0.717, 1.165) is 16.8 Å². The number of nitrogens with zero attached hydrogens (tertiary/aromatic N) is 2. The highest BCUT2D eigenvalue weighted by atomic mass is 32.2. The van der Waals surface area contributed by atoms with E-state index in [4.69, 9.17) is 5.11 Å². The highest BCUT2D eigenvalue weighted by molar-refractivity contribution is 7.89. The van der Waals surface area contributed by atoms with Gasteiger partial charge < -0.3 is 10.0 Å². The van der Waals surface area contributed by atoms with Gasteiger partial charge in [-0.2, -0.15) is 13.5 Å². The molecule has 2 aromatic carbocycles. The molecule has 0 fully saturated rings. The van der Waals surface area contributed by atoms with Crippen molar-refractivity contribution >= 4 is 21.9 Å². The molecule has 0 aliphatic carbocycles. The molecule has 2 N–H and O–H groups in total. The lowest BCUT2D eigenvalue weighted by atomic mass is 10.2. The van der Waals surface area contributed by atoms with Crippen LogP contribution in [0.5, 0.6) is 0 Å². The fraction of sp³-hybridized carbons (Fsp3) is 0.278. The van der Waals surface area contributed by atoms with Crippen LogP contribution in [0.15, 0.2) is 52.5 Å². The molecule has 0 spiro atoms. The molecule has 0 unspecified atom stereocenters. The van der Waals surface area contributed by atoms with Gasteiger partial charge in [-0.1, -0.05) is 24.3 Å². The molecule has 0 heterocycles. The number of likely N-dealkylation sites (N-methyl/N-ethyl adjacent to an activating group) is 1. The van der Waals surface area contributed by atoms with Crippen LogP contribution in [0.2, 0.25) is 0 Å². The SMILES string of the molecule is Cc1ccc(C)c(S(=O)(=O)NN=Cc2ccc(N(C)CCO)cc2)c1. The van der Waals surface area contributed by atoms with E-state index in [1.165, 1.54) is 6.21 Å². The van der Waals surface area contributed by atoms with E-state index in [9.17, 15) is 8.42 Å². The maximum Gasteiger partial charge on any atom is 0.276 e. The summed E-state index contributed by atoms with van der Waals surface area (Å²) in [4.78, 5) is 4.40. The second-order valence-corrected chi connectivity index (χ2v) is 7.49. The molecule has 7 heteroatoms. The first-order chi connectivity index (χ1) is 11.8. The van der Waals surface area contributed by atoms with Crippen molar-refractivity contribution in [2.24, 2.45) is 5.10 Å². The highest BCUT2D eigenvalue weighted by Crippen LogP contribution is 2.16. The summed E-state index contributed by atoms with van der Waals surface area (Å²) in [6.07, 6.45) is 1.46. The van der Waals surface area contributed by atoms with E-state index in [1.807, 2.05) is 49.2 Å². The predicted molar refractivity (Wildman–Crippen MR) is 101 cm³/mol. The smallest absolute Gasteiger partial charge is 0.276 e. The zero-order valence-electron chi connectivity index (χ0n) is 14.6. The number of nitrogens with one attached hydrogen (secondary N) is 1. The summed E-state index contributed by atoms with van der Waals surface area (Å²) in [5.41, 5.74) is 3.27. The molecular weight excluding hydrogens is 338 g/mol. The van der Waals surface area contributed by atoms with Crippen LogP contribution < -0.4 is 9.73 Å². The molecule has 6 nitrogen and oxygen atoms in total. The third kappa shape index (κ3) is 5.04. The number of aliphatic hydroxyl groups is 1. The summed E-state index contributed by atoms with van der Waals surface area (Å²) in [6, 6.07) is 12.7. The molecular formula is C18H23N3O3S. The number of anilines is 1. The number of aliphatic hydroxyl groups excluding tert-OH is 1. The van der Waals surface area contributed by atoms with Gasteiger partial charge >= 0.3 is 0 Å². The van der Waals surface area contributed by atoms with Gasteiger partial charge in [-0.05, 0) is 48.7 Å². The Labute approximate surface area is 148 Å². The topological polar surface area (TPSA) is 82.0 Å². The van der Waals surface area contributed by atoms with E-state index in [1.54, 1.807) is 19.1 Å². The van der Waals surface area contributed by atoms with Crippen LogP contribution in [0.3, 0.4) is 0 Å². The van der Waals surface area contributed by atoms with Crippen LogP contribution in [0.1, 0.15) is 16.7 Å². The summed E-state index contributed by atoms with van der Waals surface area (Å²) < 4.78 is 24.7. The largest absolute Gasteiger partial charge is 0.395 e.